The van der Waals surface area contributed by atoms with Crippen LogP contribution in [0.5, 0.6) is 5.75 Å². The molecule has 0 saturated carbocycles. The van der Waals surface area contributed by atoms with Crippen molar-refractivity contribution >= 4 is 28.9 Å². The van der Waals surface area contributed by atoms with E-state index in [1.807, 2.05) is 0 Å². The fraction of sp³-hybridized carbons (Fsp3) is 0.176. The number of carbonyl (C=O) groups excluding carboxylic acids is 2. The van der Waals surface area contributed by atoms with Gasteiger partial charge in [0, 0.05) is 29.4 Å². The molecule has 0 aliphatic heterocycles. The van der Waals surface area contributed by atoms with Crippen LogP contribution < -0.4 is 10.1 Å². The molecule has 0 fully saturated rings. The Balaban J connectivity index is 2.06. The Bertz CT molecular complexity index is 957. The predicted molar refractivity (Wildman–Crippen MR) is 96.4 cm³/mol. The van der Waals surface area contributed by atoms with Crippen molar-refractivity contribution in [1.29, 1.82) is 0 Å². The number of benzene rings is 2. The molecule has 0 aromatic heterocycles. The molecule has 1 N–H and O–H groups in total. The molecule has 0 unspecified atom stereocenters. The van der Waals surface area contributed by atoms with Crippen molar-refractivity contribution < 1.29 is 28.9 Å². The molecule has 11 nitrogen and oxygen atoms in total. The summed E-state index contributed by atoms with van der Waals surface area (Å²) in [4.78, 5) is 44.6. The van der Waals surface area contributed by atoms with Crippen molar-refractivity contribution in [3.8, 4) is 5.75 Å². The molecular weight excluding hydrogens is 374 g/mol. The monoisotopic (exact) mass is 389 g/mol. The predicted octanol–water partition coefficient (Wildman–Crippen LogP) is 2.62. The highest BCUT2D eigenvalue weighted by molar-refractivity contribution is 5.97. The third-order valence-electron chi connectivity index (χ3n) is 3.64. The Labute approximate surface area is 158 Å². The Morgan fingerprint density at radius 2 is 1.79 bits per heavy atom. The Hall–Kier alpha value is -4.02. The fourth-order valence-electron chi connectivity index (χ4n) is 2.26. The van der Waals surface area contributed by atoms with E-state index in [1.54, 1.807) is 6.92 Å². The number of esters is 1. The number of hydrogen-bond acceptors (Lipinski definition) is 8. The van der Waals surface area contributed by atoms with Crippen LogP contribution in [0.1, 0.15) is 15.9 Å². The van der Waals surface area contributed by atoms with E-state index >= 15 is 0 Å². The Morgan fingerprint density at radius 1 is 1.07 bits per heavy atom. The van der Waals surface area contributed by atoms with Gasteiger partial charge >= 0.3 is 5.97 Å². The first-order chi connectivity index (χ1) is 13.2. The number of hydrogen-bond donors (Lipinski definition) is 1. The molecule has 0 radical (unpaired) electrons. The lowest BCUT2D eigenvalue weighted by Gasteiger charge is -2.09. The van der Waals surface area contributed by atoms with Gasteiger partial charge in [-0.2, -0.15) is 0 Å². The summed E-state index contributed by atoms with van der Waals surface area (Å²) in [5.74, 6) is -1.69. The van der Waals surface area contributed by atoms with Crippen LogP contribution in [0.3, 0.4) is 0 Å². The summed E-state index contributed by atoms with van der Waals surface area (Å²) in [5, 5.41) is 24.1. The van der Waals surface area contributed by atoms with E-state index in [9.17, 15) is 29.8 Å². The molecule has 28 heavy (non-hydrogen) atoms. The summed E-state index contributed by atoms with van der Waals surface area (Å²) >= 11 is 0. The molecule has 0 saturated heterocycles. The van der Waals surface area contributed by atoms with Gasteiger partial charge in [-0.3, -0.25) is 25.0 Å². The second kappa shape index (κ2) is 8.58. The Morgan fingerprint density at radius 3 is 2.39 bits per heavy atom. The van der Waals surface area contributed by atoms with Crippen LogP contribution in [-0.4, -0.2) is 35.4 Å². The van der Waals surface area contributed by atoms with Crippen molar-refractivity contribution in [3.05, 3.63) is 67.8 Å². The maximum absolute atomic E-state index is 12.2. The standard InChI is InChI=1S/C17H15N3O8/c1-10-3-4-11(7-14(10)20(25)26)18-16(21)9-28-17(22)13-8-12(19(23)24)5-6-15(13)27-2/h3-8H,9H2,1-2H3,(H,18,21). The maximum Gasteiger partial charge on any atom is 0.342 e. The zero-order chi connectivity index (χ0) is 20.8. The number of nitrogens with one attached hydrogen (secondary N) is 1. The van der Waals surface area contributed by atoms with Gasteiger partial charge in [0.05, 0.1) is 17.0 Å². The summed E-state index contributed by atoms with van der Waals surface area (Å²) in [6, 6.07) is 7.48. The van der Waals surface area contributed by atoms with Gasteiger partial charge in [-0.05, 0) is 19.1 Å². The largest absolute Gasteiger partial charge is 0.496 e. The molecule has 0 aliphatic carbocycles. The van der Waals surface area contributed by atoms with E-state index in [4.69, 9.17) is 9.47 Å². The highest BCUT2D eigenvalue weighted by atomic mass is 16.6. The van der Waals surface area contributed by atoms with Crippen LogP contribution in [-0.2, 0) is 9.53 Å². The zero-order valence-corrected chi connectivity index (χ0v) is 14.8. The molecule has 0 spiro atoms. The minimum Gasteiger partial charge on any atom is -0.496 e. The van der Waals surface area contributed by atoms with Crippen molar-refractivity contribution in [2.24, 2.45) is 0 Å². The lowest BCUT2D eigenvalue weighted by Crippen LogP contribution is -2.21. The quantitative estimate of drug-likeness (QED) is 0.431. The SMILES string of the molecule is COc1ccc([N+](=O)[O-])cc1C(=O)OCC(=O)Nc1ccc(C)c([N+](=O)[O-])c1. The number of anilines is 1. The number of nitrogens with zero attached hydrogens (tertiary/aromatic N) is 2. The van der Waals surface area contributed by atoms with Crippen LogP contribution >= 0.6 is 0 Å². The number of nitro benzene ring substituents is 2. The van der Waals surface area contributed by atoms with Crippen molar-refractivity contribution in [1.82, 2.24) is 0 Å². The Kier molecular flexibility index (Phi) is 6.22. The number of rotatable bonds is 7. The third-order valence-corrected chi connectivity index (χ3v) is 3.64. The molecule has 0 heterocycles. The second-order valence-corrected chi connectivity index (χ2v) is 5.52. The molecular formula is C17H15N3O8. The first-order valence-corrected chi connectivity index (χ1v) is 7.77. The molecule has 2 rings (SSSR count). The van der Waals surface area contributed by atoms with Crippen LogP contribution in [0.2, 0.25) is 0 Å². The lowest BCUT2D eigenvalue weighted by molar-refractivity contribution is -0.385. The molecule has 1 amide bonds. The topological polar surface area (TPSA) is 151 Å². The number of ether oxygens (including phenoxy) is 2. The first-order valence-electron chi connectivity index (χ1n) is 7.77. The highest BCUT2D eigenvalue weighted by Crippen LogP contribution is 2.25. The third kappa shape index (κ3) is 4.78. The minimum atomic E-state index is -0.995. The van der Waals surface area contributed by atoms with E-state index in [0.29, 0.717) is 5.56 Å². The normalized spacial score (nSPS) is 10.1. The number of aryl methyl sites for hydroxylation is 1. The molecule has 0 bridgehead atoms. The second-order valence-electron chi connectivity index (χ2n) is 5.52. The maximum atomic E-state index is 12.2. The zero-order valence-electron chi connectivity index (χ0n) is 14.8. The summed E-state index contributed by atoms with van der Waals surface area (Å²) < 4.78 is 9.82. The van der Waals surface area contributed by atoms with Gasteiger partial charge in [0.15, 0.2) is 6.61 Å². The van der Waals surface area contributed by atoms with E-state index in [0.717, 1.165) is 12.1 Å². The molecule has 0 atom stereocenters. The molecule has 146 valence electrons. The summed E-state index contributed by atoms with van der Waals surface area (Å²) in [7, 11) is 1.27. The summed E-state index contributed by atoms with van der Waals surface area (Å²) in [5.41, 5.74) is -0.144. The number of nitro groups is 2. The van der Waals surface area contributed by atoms with E-state index in [-0.39, 0.29) is 28.4 Å². The molecule has 2 aromatic rings. The van der Waals surface area contributed by atoms with Gasteiger partial charge in [0.25, 0.3) is 17.3 Å². The average molecular weight is 389 g/mol. The summed E-state index contributed by atoms with van der Waals surface area (Å²) in [6.45, 7) is 0.851. The number of carbonyl (C=O) groups is 2. The lowest BCUT2D eigenvalue weighted by atomic mass is 10.2. The smallest absolute Gasteiger partial charge is 0.342 e. The number of non-ortho nitro benzene ring substituents is 1. The fourth-order valence-corrected chi connectivity index (χ4v) is 2.26. The molecule has 2 aromatic carbocycles. The molecule has 0 aliphatic rings. The van der Waals surface area contributed by atoms with E-state index in [1.165, 1.54) is 31.4 Å². The molecule has 11 heteroatoms. The van der Waals surface area contributed by atoms with E-state index < -0.39 is 28.3 Å². The van der Waals surface area contributed by atoms with E-state index in [2.05, 4.69) is 5.32 Å². The average Bonchev–Trinajstić information content (AvgIpc) is 2.66. The van der Waals surface area contributed by atoms with Gasteiger partial charge in [-0.25, -0.2) is 4.79 Å². The number of amides is 1. The van der Waals surface area contributed by atoms with Crippen molar-refractivity contribution in [2.45, 2.75) is 6.92 Å². The summed E-state index contributed by atoms with van der Waals surface area (Å²) in [6.07, 6.45) is 0. The van der Waals surface area contributed by atoms with Gasteiger partial charge in [0.2, 0.25) is 0 Å². The van der Waals surface area contributed by atoms with Crippen LogP contribution in [0.25, 0.3) is 0 Å². The van der Waals surface area contributed by atoms with Crippen LogP contribution in [0.15, 0.2) is 36.4 Å². The van der Waals surface area contributed by atoms with Gasteiger partial charge in [-0.1, -0.05) is 6.07 Å². The van der Waals surface area contributed by atoms with Crippen molar-refractivity contribution in [3.63, 3.8) is 0 Å². The first kappa shape index (κ1) is 20.3. The van der Waals surface area contributed by atoms with Crippen molar-refractivity contribution in [2.75, 3.05) is 19.0 Å². The van der Waals surface area contributed by atoms with Gasteiger partial charge < -0.3 is 14.8 Å². The minimum absolute atomic E-state index is 0.0465. The van der Waals surface area contributed by atoms with Crippen LogP contribution in [0.4, 0.5) is 17.1 Å². The van der Waals surface area contributed by atoms with Crippen LogP contribution in [0, 0.1) is 27.2 Å². The number of methoxy groups -OCH3 is 1. The highest BCUT2D eigenvalue weighted by Gasteiger charge is 2.20. The van der Waals surface area contributed by atoms with Gasteiger partial charge in [-0.15, -0.1) is 0 Å². The van der Waals surface area contributed by atoms with Gasteiger partial charge in [0.1, 0.15) is 11.3 Å².